The number of hydrogen-bond donors (Lipinski definition) is 2. The fourth-order valence-corrected chi connectivity index (χ4v) is 1.63. The van der Waals surface area contributed by atoms with E-state index in [0.29, 0.717) is 5.69 Å². The minimum absolute atomic E-state index is 0.0820. The van der Waals surface area contributed by atoms with E-state index in [1.165, 1.54) is 0 Å². The maximum Gasteiger partial charge on any atom is 0.241 e. The van der Waals surface area contributed by atoms with Crippen molar-refractivity contribution in [1.29, 1.82) is 0 Å². The molecule has 2 aromatic rings. The van der Waals surface area contributed by atoms with E-state index in [0.717, 1.165) is 5.69 Å². The molecule has 1 heterocycles. The standard InChI is InChI=1S/C13H17N5O/c1-9(2)12(14)13(19)16-10-5-3-4-6-11(10)18-8-7-15-17-18/h3-9,12H,14H2,1-2H3,(H,16,19)/t12-/m1/s1. The molecule has 2 rings (SSSR count). The fourth-order valence-electron chi connectivity index (χ4n) is 1.63. The molecule has 1 amide bonds. The fraction of sp³-hybridized carbons (Fsp3) is 0.308. The van der Waals surface area contributed by atoms with E-state index < -0.39 is 6.04 Å². The lowest BCUT2D eigenvalue weighted by atomic mass is 10.0. The highest BCUT2D eigenvalue weighted by atomic mass is 16.2. The normalized spacial score (nSPS) is 12.4. The number of hydrogen-bond acceptors (Lipinski definition) is 4. The molecule has 1 atom stereocenters. The first-order chi connectivity index (χ1) is 9.09. The second-order valence-corrected chi connectivity index (χ2v) is 4.62. The zero-order valence-electron chi connectivity index (χ0n) is 10.9. The Morgan fingerprint density at radius 1 is 1.37 bits per heavy atom. The second-order valence-electron chi connectivity index (χ2n) is 4.62. The highest BCUT2D eigenvalue weighted by Gasteiger charge is 2.18. The monoisotopic (exact) mass is 259 g/mol. The molecule has 0 aliphatic carbocycles. The van der Waals surface area contributed by atoms with E-state index in [-0.39, 0.29) is 11.8 Å². The Hall–Kier alpha value is -2.21. The third kappa shape index (κ3) is 2.97. The van der Waals surface area contributed by atoms with Gasteiger partial charge in [-0.15, -0.1) is 5.10 Å². The number of rotatable bonds is 4. The van der Waals surface area contributed by atoms with Crippen LogP contribution in [0.25, 0.3) is 5.69 Å². The SMILES string of the molecule is CC(C)[C@@H](N)C(=O)Nc1ccccc1-n1ccnn1. The van der Waals surface area contributed by atoms with Crippen LogP contribution in [-0.2, 0) is 4.79 Å². The predicted molar refractivity (Wildman–Crippen MR) is 72.8 cm³/mol. The van der Waals surface area contributed by atoms with Crippen LogP contribution in [-0.4, -0.2) is 26.9 Å². The number of carbonyl (C=O) groups is 1. The molecule has 100 valence electrons. The third-order valence-electron chi connectivity index (χ3n) is 2.85. The quantitative estimate of drug-likeness (QED) is 0.863. The van der Waals surface area contributed by atoms with Gasteiger partial charge in [0, 0.05) is 0 Å². The summed E-state index contributed by atoms with van der Waals surface area (Å²) >= 11 is 0. The molecule has 6 heteroatoms. The molecule has 0 spiro atoms. The summed E-state index contributed by atoms with van der Waals surface area (Å²) in [6, 6.07) is 6.84. The number of carbonyl (C=O) groups excluding carboxylic acids is 1. The first kappa shape index (κ1) is 13.2. The summed E-state index contributed by atoms with van der Waals surface area (Å²) in [4.78, 5) is 12.0. The zero-order chi connectivity index (χ0) is 13.8. The molecule has 0 bridgehead atoms. The van der Waals surface area contributed by atoms with Crippen LogP contribution in [0.5, 0.6) is 0 Å². The highest BCUT2D eigenvalue weighted by Crippen LogP contribution is 2.19. The number of anilines is 1. The first-order valence-corrected chi connectivity index (χ1v) is 6.11. The number of amides is 1. The molecule has 0 fully saturated rings. The molecule has 6 nitrogen and oxygen atoms in total. The van der Waals surface area contributed by atoms with E-state index in [4.69, 9.17) is 5.73 Å². The van der Waals surface area contributed by atoms with Crippen LogP contribution in [0, 0.1) is 5.92 Å². The van der Waals surface area contributed by atoms with Gasteiger partial charge in [0.05, 0.1) is 29.8 Å². The van der Waals surface area contributed by atoms with Gasteiger partial charge in [-0.3, -0.25) is 4.79 Å². The van der Waals surface area contributed by atoms with Crippen LogP contribution in [0.2, 0.25) is 0 Å². The molecule has 3 N–H and O–H groups in total. The van der Waals surface area contributed by atoms with E-state index in [1.54, 1.807) is 17.1 Å². The number of benzene rings is 1. The average molecular weight is 259 g/mol. The Balaban J connectivity index is 2.24. The number of nitrogens with zero attached hydrogens (tertiary/aromatic N) is 3. The molecule has 1 aromatic carbocycles. The lowest BCUT2D eigenvalue weighted by molar-refractivity contribution is -0.118. The number of para-hydroxylation sites is 2. The van der Waals surface area contributed by atoms with Gasteiger partial charge in [0.15, 0.2) is 0 Å². The smallest absolute Gasteiger partial charge is 0.241 e. The van der Waals surface area contributed by atoms with Crippen molar-refractivity contribution in [3.63, 3.8) is 0 Å². The van der Waals surface area contributed by atoms with Gasteiger partial charge in [-0.1, -0.05) is 31.2 Å². The summed E-state index contributed by atoms with van der Waals surface area (Å²) in [7, 11) is 0. The predicted octanol–water partition coefficient (Wildman–Crippen LogP) is 1.19. The summed E-state index contributed by atoms with van der Waals surface area (Å²) in [5, 5.41) is 10.5. The molecule has 0 unspecified atom stereocenters. The topological polar surface area (TPSA) is 85.8 Å². The van der Waals surface area contributed by atoms with Crippen molar-refractivity contribution >= 4 is 11.6 Å². The molecule has 0 aliphatic heterocycles. The number of nitrogens with one attached hydrogen (secondary N) is 1. The average Bonchev–Trinajstić information content (AvgIpc) is 2.92. The van der Waals surface area contributed by atoms with Crippen molar-refractivity contribution in [2.24, 2.45) is 11.7 Å². The summed E-state index contributed by atoms with van der Waals surface area (Å²) in [6.07, 6.45) is 3.30. The van der Waals surface area contributed by atoms with Gasteiger partial charge in [0.2, 0.25) is 5.91 Å². The molecular formula is C13H17N5O. The van der Waals surface area contributed by atoms with Gasteiger partial charge in [-0.25, -0.2) is 4.68 Å². The second kappa shape index (κ2) is 5.62. The Morgan fingerprint density at radius 2 is 2.11 bits per heavy atom. The van der Waals surface area contributed by atoms with Crippen LogP contribution < -0.4 is 11.1 Å². The van der Waals surface area contributed by atoms with Gasteiger partial charge in [0.25, 0.3) is 0 Å². The Morgan fingerprint density at radius 3 is 2.74 bits per heavy atom. The van der Waals surface area contributed by atoms with Crippen molar-refractivity contribution in [1.82, 2.24) is 15.0 Å². The minimum Gasteiger partial charge on any atom is -0.323 e. The van der Waals surface area contributed by atoms with Gasteiger partial charge in [-0.2, -0.15) is 0 Å². The summed E-state index contributed by atoms with van der Waals surface area (Å²) in [5.41, 5.74) is 7.24. The van der Waals surface area contributed by atoms with Crippen LogP contribution >= 0.6 is 0 Å². The molecule has 0 aliphatic rings. The van der Waals surface area contributed by atoms with Crippen molar-refractivity contribution < 1.29 is 4.79 Å². The molecule has 0 saturated heterocycles. The number of aromatic nitrogens is 3. The van der Waals surface area contributed by atoms with Crippen molar-refractivity contribution in [3.8, 4) is 5.69 Å². The van der Waals surface area contributed by atoms with Gasteiger partial charge < -0.3 is 11.1 Å². The highest BCUT2D eigenvalue weighted by molar-refractivity contribution is 5.96. The van der Waals surface area contributed by atoms with E-state index >= 15 is 0 Å². The van der Waals surface area contributed by atoms with Crippen molar-refractivity contribution in [2.75, 3.05) is 5.32 Å². The lowest BCUT2D eigenvalue weighted by Gasteiger charge is -2.17. The zero-order valence-corrected chi connectivity index (χ0v) is 10.9. The minimum atomic E-state index is -0.538. The van der Waals surface area contributed by atoms with Crippen molar-refractivity contribution in [3.05, 3.63) is 36.7 Å². The Kier molecular flexibility index (Phi) is 3.91. The lowest BCUT2D eigenvalue weighted by Crippen LogP contribution is -2.39. The van der Waals surface area contributed by atoms with Crippen LogP contribution in [0.3, 0.4) is 0 Å². The maximum absolute atomic E-state index is 12.0. The molecule has 0 radical (unpaired) electrons. The van der Waals surface area contributed by atoms with Crippen molar-refractivity contribution in [2.45, 2.75) is 19.9 Å². The molecule has 1 aromatic heterocycles. The van der Waals surface area contributed by atoms with Crippen LogP contribution in [0.1, 0.15) is 13.8 Å². The van der Waals surface area contributed by atoms with Crippen LogP contribution in [0.15, 0.2) is 36.7 Å². The first-order valence-electron chi connectivity index (χ1n) is 6.11. The van der Waals surface area contributed by atoms with E-state index in [1.807, 2.05) is 38.1 Å². The van der Waals surface area contributed by atoms with Gasteiger partial charge >= 0.3 is 0 Å². The summed E-state index contributed by atoms with van der Waals surface area (Å²) in [6.45, 7) is 3.82. The summed E-state index contributed by atoms with van der Waals surface area (Å²) < 4.78 is 1.59. The summed E-state index contributed by atoms with van der Waals surface area (Å²) in [5.74, 6) is -0.124. The van der Waals surface area contributed by atoms with Crippen LogP contribution in [0.4, 0.5) is 5.69 Å². The van der Waals surface area contributed by atoms with Gasteiger partial charge in [0.1, 0.15) is 0 Å². The van der Waals surface area contributed by atoms with E-state index in [9.17, 15) is 4.79 Å². The number of nitrogens with two attached hydrogens (primary N) is 1. The Labute approximate surface area is 111 Å². The third-order valence-corrected chi connectivity index (χ3v) is 2.85. The van der Waals surface area contributed by atoms with E-state index in [2.05, 4.69) is 15.6 Å². The molecule has 19 heavy (non-hydrogen) atoms. The Bertz CT molecular complexity index is 550. The maximum atomic E-state index is 12.0. The molecular weight excluding hydrogens is 242 g/mol. The largest absolute Gasteiger partial charge is 0.323 e. The van der Waals surface area contributed by atoms with Gasteiger partial charge in [-0.05, 0) is 18.1 Å². The molecule has 0 saturated carbocycles.